The first-order valence-electron chi connectivity index (χ1n) is 5.59. The maximum Gasteiger partial charge on any atom is 0.224 e. The average Bonchev–Trinajstić information content (AvgIpc) is 2.86. The zero-order chi connectivity index (χ0) is 12.3. The lowest BCUT2D eigenvalue weighted by molar-refractivity contribution is 0.238. The summed E-state index contributed by atoms with van der Waals surface area (Å²) in [5.41, 5.74) is 0.475. The van der Waals surface area contributed by atoms with Crippen LogP contribution in [0, 0.1) is 17.2 Å². The first kappa shape index (κ1) is 11.6. The van der Waals surface area contributed by atoms with Gasteiger partial charge in [0.1, 0.15) is 11.6 Å². The lowest BCUT2D eigenvalue weighted by Crippen LogP contribution is -2.23. The molecule has 2 N–H and O–H groups in total. The third kappa shape index (κ3) is 2.29. The van der Waals surface area contributed by atoms with Crippen LogP contribution in [0.2, 0.25) is 0 Å². The number of hydrogen-bond donors (Lipinski definition) is 2. The first-order valence-corrected chi connectivity index (χ1v) is 5.59. The van der Waals surface area contributed by atoms with Gasteiger partial charge in [0.15, 0.2) is 5.82 Å². The van der Waals surface area contributed by atoms with E-state index in [-0.39, 0.29) is 12.5 Å². The zero-order valence-corrected chi connectivity index (χ0v) is 9.72. The van der Waals surface area contributed by atoms with Crippen LogP contribution in [0.25, 0.3) is 0 Å². The van der Waals surface area contributed by atoms with E-state index in [9.17, 15) is 0 Å². The third-order valence-electron chi connectivity index (χ3n) is 2.96. The number of anilines is 2. The summed E-state index contributed by atoms with van der Waals surface area (Å²) in [5.74, 6) is 1.43. The van der Waals surface area contributed by atoms with Crippen molar-refractivity contribution >= 4 is 11.8 Å². The van der Waals surface area contributed by atoms with E-state index in [1.807, 2.05) is 4.90 Å². The molecule has 0 aliphatic carbocycles. The Morgan fingerprint density at radius 2 is 2.53 bits per heavy atom. The van der Waals surface area contributed by atoms with Crippen molar-refractivity contribution < 1.29 is 5.11 Å². The van der Waals surface area contributed by atoms with Crippen molar-refractivity contribution in [2.45, 2.75) is 6.42 Å². The molecule has 6 nitrogen and oxygen atoms in total. The van der Waals surface area contributed by atoms with E-state index >= 15 is 0 Å². The molecule has 1 saturated heterocycles. The fraction of sp³-hybridized carbons (Fsp3) is 0.545. The van der Waals surface area contributed by atoms with E-state index in [0.717, 1.165) is 19.5 Å². The topological polar surface area (TPSA) is 85.1 Å². The Balaban J connectivity index is 2.28. The Bertz CT molecular complexity index is 442. The van der Waals surface area contributed by atoms with Crippen molar-refractivity contribution in [2.75, 3.05) is 37.0 Å². The number of aromatic nitrogens is 2. The summed E-state index contributed by atoms with van der Waals surface area (Å²) in [6.07, 6.45) is 2.46. The molecule has 17 heavy (non-hydrogen) atoms. The molecule has 0 saturated carbocycles. The normalized spacial score (nSPS) is 19.1. The summed E-state index contributed by atoms with van der Waals surface area (Å²) < 4.78 is 0. The molecule has 2 heterocycles. The van der Waals surface area contributed by atoms with Gasteiger partial charge < -0.3 is 15.3 Å². The number of nitrogens with one attached hydrogen (secondary N) is 1. The Labute approximate surface area is 99.9 Å². The van der Waals surface area contributed by atoms with Gasteiger partial charge in [0.05, 0.1) is 6.20 Å². The number of nitrogens with zero attached hydrogens (tertiary/aromatic N) is 4. The largest absolute Gasteiger partial charge is 0.396 e. The molecule has 0 spiro atoms. The minimum Gasteiger partial charge on any atom is -0.396 e. The summed E-state index contributed by atoms with van der Waals surface area (Å²) in [4.78, 5) is 10.4. The van der Waals surface area contributed by atoms with Gasteiger partial charge in [0, 0.05) is 32.7 Å². The van der Waals surface area contributed by atoms with Crippen molar-refractivity contribution in [1.29, 1.82) is 5.26 Å². The van der Waals surface area contributed by atoms with Gasteiger partial charge in [0.2, 0.25) is 5.95 Å². The van der Waals surface area contributed by atoms with Crippen LogP contribution in [-0.4, -0.2) is 41.8 Å². The number of aliphatic hydroxyl groups excluding tert-OH is 1. The molecule has 0 aromatic carbocycles. The highest BCUT2D eigenvalue weighted by molar-refractivity contribution is 5.55. The van der Waals surface area contributed by atoms with Crippen molar-refractivity contribution in [3.8, 4) is 6.07 Å². The van der Waals surface area contributed by atoms with Gasteiger partial charge in [-0.25, -0.2) is 4.98 Å². The van der Waals surface area contributed by atoms with Crippen molar-refractivity contribution in [3.05, 3.63) is 11.8 Å². The van der Waals surface area contributed by atoms with E-state index < -0.39 is 0 Å². The second-order valence-electron chi connectivity index (χ2n) is 4.08. The molecule has 0 bridgehead atoms. The van der Waals surface area contributed by atoms with Crippen LogP contribution in [0.3, 0.4) is 0 Å². The van der Waals surface area contributed by atoms with Crippen molar-refractivity contribution in [1.82, 2.24) is 9.97 Å². The zero-order valence-electron chi connectivity index (χ0n) is 9.72. The highest BCUT2D eigenvalue weighted by atomic mass is 16.3. The van der Waals surface area contributed by atoms with Crippen LogP contribution in [0.1, 0.15) is 12.0 Å². The van der Waals surface area contributed by atoms with E-state index in [1.165, 1.54) is 6.20 Å². The number of rotatable bonds is 3. The molecule has 90 valence electrons. The summed E-state index contributed by atoms with van der Waals surface area (Å²) in [6.45, 7) is 1.74. The van der Waals surface area contributed by atoms with E-state index in [2.05, 4.69) is 21.4 Å². The molecule has 1 aromatic heterocycles. The Morgan fingerprint density at radius 1 is 1.71 bits per heavy atom. The van der Waals surface area contributed by atoms with E-state index in [4.69, 9.17) is 10.4 Å². The fourth-order valence-corrected chi connectivity index (χ4v) is 1.99. The van der Waals surface area contributed by atoms with Gasteiger partial charge >= 0.3 is 0 Å². The minimum absolute atomic E-state index is 0.183. The molecular weight excluding hydrogens is 218 g/mol. The molecule has 0 amide bonds. The molecule has 1 atom stereocenters. The Hall–Kier alpha value is -1.87. The Kier molecular flexibility index (Phi) is 3.40. The summed E-state index contributed by atoms with van der Waals surface area (Å²) in [6, 6.07) is 2.10. The molecule has 1 aliphatic heterocycles. The standard InChI is InChI=1S/C11H15N5O/c1-13-11-14-5-9(4-12)10(15-11)16-3-2-8(6-16)7-17/h5,8,17H,2-3,6-7H2,1H3,(H,13,14,15). The van der Waals surface area contributed by atoms with Crippen LogP contribution in [0.5, 0.6) is 0 Å². The van der Waals surface area contributed by atoms with Gasteiger partial charge in [-0.1, -0.05) is 0 Å². The average molecular weight is 233 g/mol. The minimum atomic E-state index is 0.183. The smallest absolute Gasteiger partial charge is 0.224 e. The van der Waals surface area contributed by atoms with Gasteiger partial charge in [-0.05, 0) is 6.42 Å². The molecule has 1 fully saturated rings. The van der Waals surface area contributed by atoms with Crippen molar-refractivity contribution in [3.63, 3.8) is 0 Å². The van der Waals surface area contributed by atoms with Gasteiger partial charge in [-0.15, -0.1) is 0 Å². The maximum atomic E-state index is 9.12. The highest BCUT2D eigenvalue weighted by Gasteiger charge is 2.25. The van der Waals surface area contributed by atoms with Crippen LogP contribution in [0.15, 0.2) is 6.20 Å². The quantitative estimate of drug-likeness (QED) is 0.776. The van der Waals surface area contributed by atoms with Crippen LogP contribution < -0.4 is 10.2 Å². The summed E-state index contributed by atoms with van der Waals surface area (Å²) in [5, 5.41) is 21.0. The van der Waals surface area contributed by atoms with Crippen LogP contribution in [0.4, 0.5) is 11.8 Å². The third-order valence-corrected chi connectivity index (χ3v) is 2.96. The highest BCUT2D eigenvalue weighted by Crippen LogP contribution is 2.25. The summed E-state index contributed by atoms with van der Waals surface area (Å²) >= 11 is 0. The second-order valence-corrected chi connectivity index (χ2v) is 4.08. The lowest BCUT2D eigenvalue weighted by atomic mass is 10.1. The number of aliphatic hydroxyl groups is 1. The Morgan fingerprint density at radius 3 is 3.12 bits per heavy atom. The van der Waals surface area contributed by atoms with Crippen LogP contribution >= 0.6 is 0 Å². The second kappa shape index (κ2) is 4.97. The van der Waals surface area contributed by atoms with Gasteiger partial charge in [0.25, 0.3) is 0 Å². The number of hydrogen-bond acceptors (Lipinski definition) is 6. The molecule has 2 rings (SSSR count). The monoisotopic (exact) mass is 233 g/mol. The fourth-order valence-electron chi connectivity index (χ4n) is 1.99. The van der Waals surface area contributed by atoms with Crippen LogP contribution in [-0.2, 0) is 0 Å². The predicted molar refractivity (Wildman–Crippen MR) is 63.7 cm³/mol. The first-order chi connectivity index (χ1) is 8.28. The number of nitriles is 1. The molecule has 0 radical (unpaired) electrons. The van der Waals surface area contributed by atoms with E-state index in [0.29, 0.717) is 17.3 Å². The lowest BCUT2D eigenvalue weighted by Gasteiger charge is -2.18. The molecule has 1 aromatic rings. The SMILES string of the molecule is CNc1ncc(C#N)c(N2CCC(CO)C2)n1. The summed E-state index contributed by atoms with van der Waals surface area (Å²) in [7, 11) is 1.74. The van der Waals surface area contributed by atoms with Gasteiger partial charge in [-0.3, -0.25) is 0 Å². The maximum absolute atomic E-state index is 9.12. The van der Waals surface area contributed by atoms with Crippen molar-refractivity contribution in [2.24, 2.45) is 5.92 Å². The van der Waals surface area contributed by atoms with E-state index in [1.54, 1.807) is 7.05 Å². The molecule has 1 aliphatic rings. The molecule has 6 heteroatoms. The van der Waals surface area contributed by atoms with Gasteiger partial charge in [-0.2, -0.15) is 10.2 Å². The predicted octanol–water partition coefficient (Wildman–Crippen LogP) is 0.209. The molecular formula is C11H15N5O. The molecule has 1 unspecified atom stereocenters.